The predicted octanol–water partition coefficient (Wildman–Crippen LogP) is 1.40. The van der Waals surface area contributed by atoms with Crippen molar-refractivity contribution in [3.05, 3.63) is 0 Å². The third-order valence-corrected chi connectivity index (χ3v) is 3.59. The fourth-order valence-electron chi connectivity index (χ4n) is 2.22. The van der Waals surface area contributed by atoms with E-state index in [4.69, 9.17) is 4.74 Å². The minimum Gasteiger partial charge on any atom is -0.367 e. The molecule has 1 amide bonds. The van der Waals surface area contributed by atoms with Crippen molar-refractivity contribution in [2.75, 3.05) is 20.2 Å². The molecular formula is C13H26N2O2. The van der Waals surface area contributed by atoms with Crippen LogP contribution in [0.1, 0.15) is 40.0 Å². The van der Waals surface area contributed by atoms with Gasteiger partial charge >= 0.3 is 0 Å². The highest BCUT2D eigenvalue weighted by Gasteiger charge is 2.27. The Morgan fingerprint density at radius 3 is 2.71 bits per heavy atom. The molecule has 0 aromatic rings. The normalized spacial score (nSPS) is 29.1. The van der Waals surface area contributed by atoms with Crippen LogP contribution in [-0.2, 0) is 9.53 Å². The standard InChI is InChI=1S/C13H26N2O2/c1-5-11-12(8-7-10(3)14-11)17-9-13(16)15(4)6-2/h10-12,14H,5-9H2,1-4H3. The van der Waals surface area contributed by atoms with E-state index in [1.165, 1.54) is 0 Å². The second-order valence-electron chi connectivity index (χ2n) is 4.92. The lowest BCUT2D eigenvalue weighted by Crippen LogP contribution is -2.50. The molecule has 1 saturated heterocycles. The molecular weight excluding hydrogens is 216 g/mol. The number of ether oxygens (including phenoxy) is 1. The van der Waals surface area contributed by atoms with Crippen LogP contribution in [0.3, 0.4) is 0 Å². The van der Waals surface area contributed by atoms with E-state index in [0.29, 0.717) is 12.1 Å². The van der Waals surface area contributed by atoms with Crippen molar-refractivity contribution in [3.8, 4) is 0 Å². The van der Waals surface area contributed by atoms with Crippen molar-refractivity contribution in [3.63, 3.8) is 0 Å². The number of nitrogens with zero attached hydrogens (tertiary/aromatic N) is 1. The zero-order valence-corrected chi connectivity index (χ0v) is 11.5. The molecule has 0 bridgehead atoms. The smallest absolute Gasteiger partial charge is 0.248 e. The van der Waals surface area contributed by atoms with E-state index in [-0.39, 0.29) is 18.6 Å². The van der Waals surface area contributed by atoms with Gasteiger partial charge in [-0.3, -0.25) is 4.79 Å². The van der Waals surface area contributed by atoms with E-state index in [1.807, 2.05) is 14.0 Å². The van der Waals surface area contributed by atoms with Gasteiger partial charge in [0.15, 0.2) is 0 Å². The average molecular weight is 242 g/mol. The molecule has 1 fully saturated rings. The molecule has 0 spiro atoms. The fraction of sp³-hybridized carbons (Fsp3) is 0.923. The van der Waals surface area contributed by atoms with Crippen molar-refractivity contribution in [2.24, 2.45) is 0 Å². The maximum atomic E-state index is 11.7. The molecule has 0 aliphatic carbocycles. The van der Waals surface area contributed by atoms with Gasteiger partial charge in [0.25, 0.3) is 0 Å². The summed E-state index contributed by atoms with van der Waals surface area (Å²) in [6.45, 7) is 7.28. The molecule has 0 aromatic heterocycles. The predicted molar refractivity (Wildman–Crippen MR) is 69.0 cm³/mol. The van der Waals surface area contributed by atoms with Crippen molar-refractivity contribution >= 4 is 5.91 Å². The van der Waals surface area contributed by atoms with E-state index in [1.54, 1.807) is 4.90 Å². The zero-order chi connectivity index (χ0) is 12.8. The first kappa shape index (κ1) is 14.5. The van der Waals surface area contributed by atoms with Gasteiger partial charge in [0.1, 0.15) is 6.61 Å². The average Bonchev–Trinajstić information content (AvgIpc) is 2.35. The summed E-state index contributed by atoms with van der Waals surface area (Å²) in [5, 5.41) is 3.53. The van der Waals surface area contributed by atoms with E-state index >= 15 is 0 Å². The Morgan fingerprint density at radius 2 is 2.12 bits per heavy atom. The number of nitrogens with one attached hydrogen (secondary N) is 1. The topological polar surface area (TPSA) is 41.6 Å². The van der Waals surface area contributed by atoms with Gasteiger partial charge in [-0.05, 0) is 33.1 Å². The van der Waals surface area contributed by atoms with Crippen LogP contribution < -0.4 is 5.32 Å². The second-order valence-corrected chi connectivity index (χ2v) is 4.92. The highest BCUT2D eigenvalue weighted by Crippen LogP contribution is 2.18. The first-order chi connectivity index (χ1) is 8.08. The summed E-state index contributed by atoms with van der Waals surface area (Å²) in [6.07, 6.45) is 3.41. The molecule has 3 atom stereocenters. The number of carbonyl (C=O) groups is 1. The maximum Gasteiger partial charge on any atom is 0.248 e. The molecule has 1 aliphatic rings. The maximum absolute atomic E-state index is 11.7. The van der Waals surface area contributed by atoms with Gasteiger partial charge in [0.05, 0.1) is 6.10 Å². The second kappa shape index (κ2) is 6.97. The van der Waals surface area contributed by atoms with Crippen LogP contribution in [0.2, 0.25) is 0 Å². The van der Waals surface area contributed by atoms with Crippen molar-refractivity contribution in [2.45, 2.75) is 58.2 Å². The van der Waals surface area contributed by atoms with E-state index in [0.717, 1.165) is 25.8 Å². The van der Waals surface area contributed by atoms with Gasteiger partial charge in [-0.1, -0.05) is 6.92 Å². The van der Waals surface area contributed by atoms with Crippen LogP contribution in [-0.4, -0.2) is 49.2 Å². The highest BCUT2D eigenvalue weighted by atomic mass is 16.5. The lowest BCUT2D eigenvalue weighted by molar-refractivity contribution is -0.138. The Hall–Kier alpha value is -0.610. The quantitative estimate of drug-likeness (QED) is 0.792. The summed E-state index contributed by atoms with van der Waals surface area (Å²) < 4.78 is 5.77. The van der Waals surface area contributed by atoms with Gasteiger partial charge < -0.3 is 15.0 Å². The van der Waals surface area contributed by atoms with E-state index in [2.05, 4.69) is 19.2 Å². The molecule has 1 heterocycles. The Morgan fingerprint density at radius 1 is 1.41 bits per heavy atom. The number of amides is 1. The lowest BCUT2D eigenvalue weighted by atomic mass is 9.95. The molecule has 100 valence electrons. The van der Waals surface area contributed by atoms with Crippen LogP contribution in [0, 0.1) is 0 Å². The Balaban J connectivity index is 2.37. The molecule has 3 unspecified atom stereocenters. The molecule has 0 radical (unpaired) electrons. The number of likely N-dealkylation sites (N-methyl/N-ethyl adjacent to an activating group) is 1. The van der Waals surface area contributed by atoms with Crippen molar-refractivity contribution in [1.82, 2.24) is 10.2 Å². The van der Waals surface area contributed by atoms with Crippen molar-refractivity contribution in [1.29, 1.82) is 0 Å². The minimum atomic E-state index is 0.0703. The summed E-state index contributed by atoms with van der Waals surface area (Å²) in [6, 6.07) is 0.951. The summed E-state index contributed by atoms with van der Waals surface area (Å²) in [5.41, 5.74) is 0. The van der Waals surface area contributed by atoms with E-state index in [9.17, 15) is 4.79 Å². The van der Waals surface area contributed by atoms with Crippen LogP contribution in [0.15, 0.2) is 0 Å². The van der Waals surface area contributed by atoms with Crippen LogP contribution >= 0.6 is 0 Å². The third-order valence-electron chi connectivity index (χ3n) is 3.59. The Kier molecular flexibility index (Phi) is 5.92. The Labute approximate surface area is 105 Å². The molecule has 0 aromatic carbocycles. The first-order valence-electron chi connectivity index (χ1n) is 6.70. The van der Waals surface area contributed by atoms with Gasteiger partial charge in [-0.25, -0.2) is 0 Å². The lowest BCUT2D eigenvalue weighted by Gasteiger charge is -2.35. The van der Waals surface area contributed by atoms with E-state index < -0.39 is 0 Å². The Bertz CT molecular complexity index is 246. The van der Waals surface area contributed by atoms with Gasteiger partial charge in [0, 0.05) is 25.7 Å². The third kappa shape index (κ3) is 4.28. The molecule has 0 saturated carbocycles. The van der Waals surface area contributed by atoms with Crippen LogP contribution in [0.5, 0.6) is 0 Å². The van der Waals surface area contributed by atoms with Gasteiger partial charge in [-0.2, -0.15) is 0 Å². The molecule has 4 heteroatoms. The van der Waals surface area contributed by atoms with Crippen molar-refractivity contribution < 1.29 is 9.53 Å². The first-order valence-corrected chi connectivity index (χ1v) is 6.70. The largest absolute Gasteiger partial charge is 0.367 e. The number of rotatable bonds is 5. The summed E-state index contributed by atoms with van der Waals surface area (Å²) >= 11 is 0. The number of hydrogen-bond acceptors (Lipinski definition) is 3. The van der Waals surface area contributed by atoms with Crippen LogP contribution in [0.25, 0.3) is 0 Å². The minimum absolute atomic E-state index is 0.0703. The monoisotopic (exact) mass is 242 g/mol. The number of piperidine rings is 1. The SMILES string of the molecule is CCC1NC(C)CCC1OCC(=O)N(C)CC. The molecule has 1 N–H and O–H groups in total. The molecule has 1 aliphatic heterocycles. The van der Waals surface area contributed by atoms with Crippen LogP contribution in [0.4, 0.5) is 0 Å². The molecule has 4 nitrogen and oxygen atoms in total. The number of hydrogen-bond donors (Lipinski definition) is 1. The summed E-state index contributed by atoms with van der Waals surface area (Å²) in [7, 11) is 1.81. The highest BCUT2D eigenvalue weighted by molar-refractivity contribution is 5.77. The number of carbonyl (C=O) groups excluding carboxylic acids is 1. The summed E-state index contributed by atoms with van der Waals surface area (Å²) in [5.74, 6) is 0.0703. The summed E-state index contributed by atoms with van der Waals surface area (Å²) in [4.78, 5) is 13.4. The zero-order valence-electron chi connectivity index (χ0n) is 11.5. The fourth-order valence-corrected chi connectivity index (χ4v) is 2.22. The molecule has 1 rings (SSSR count). The van der Waals surface area contributed by atoms with Gasteiger partial charge in [0.2, 0.25) is 5.91 Å². The van der Waals surface area contributed by atoms with Gasteiger partial charge in [-0.15, -0.1) is 0 Å². The molecule has 17 heavy (non-hydrogen) atoms.